The molecule has 25 heavy (non-hydrogen) atoms. The number of nitrogens with zero attached hydrogens (tertiary/aromatic N) is 3. The molecule has 0 saturated carbocycles. The van der Waals surface area contributed by atoms with Crippen molar-refractivity contribution >= 4 is 11.9 Å². The summed E-state index contributed by atoms with van der Waals surface area (Å²) in [6.45, 7) is 1.56. The second kappa shape index (κ2) is 7.09. The van der Waals surface area contributed by atoms with Crippen molar-refractivity contribution in [3.05, 3.63) is 52.2 Å². The standard InChI is InChI=1S/C16H18N4O5/c1-9-2-4-10(5-3-9)14(23)18-15-17-8-20(16(24)19-15)13-6-11(22)12(7-21)25-13/h2-5,8,11-13,21-22H,6-7H2,1H3,(H,18,19,23,24)/t11-,12+,13-/m1/s1. The van der Waals surface area contributed by atoms with Crippen molar-refractivity contribution in [1.29, 1.82) is 0 Å². The highest BCUT2D eigenvalue weighted by Gasteiger charge is 2.35. The van der Waals surface area contributed by atoms with Crippen molar-refractivity contribution < 1.29 is 19.7 Å². The molecule has 9 heteroatoms. The Balaban J connectivity index is 1.73. The van der Waals surface area contributed by atoms with Gasteiger partial charge in [0.1, 0.15) is 18.7 Å². The van der Waals surface area contributed by atoms with Crippen LogP contribution in [0.2, 0.25) is 0 Å². The van der Waals surface area contributed by atoms with E-state index in [9.17, 15) is 14.7 Å². The zero-order valence-electron chi connectivity index (χ0n) is 13.5. The highest BCUT2D eigenvalue weighted by atomic mass is 16.5. The van der Waals surface area contributed by atoms with Crippen LogP contribution in [0.3, 0.4) is 0 Å². The van der Waals surface area contributed by atoms with Gasteiger partial charge in [0.05, 0.1) is 12.7 Å². The maximum Gasteiger partial charge on any atom is 0.354 e. The Morgan fingerprint density at radius 1 is 1.40 bits per heavy atom. The van der Waals surface area contributed by atoms with Gasteiger partial charge in [0.15, 0.2) is 0 Å². The van der Waals surface area contributed by atoms with Gasteiger partial charge in [-0.15, -0.1) is 0 Å². The first-order chi connectivity index (χ1) is 12.0. The van der Waals surface area contributed by atoms with Crippen LogP contribution in [0, 0.1) is 6.92 Å². The highest BCUT2D eigenvalue weighted by Crippen LogP contribution is 2.27. The summed E-state index contributed by atoms with van der Waals surface area (Å²) in [5.74, 6) is -0.547. The van der Waals surface area contributed by atoms with Crippen molar-refractivity contribution in [3.8, 4) is 0 Å². The molecule has 1 aromatic carbocycles. The number of aromatic nitrogens is 3. The molecule has 2 aromatic rings. The van der Waals surface area contributed by atoms with Gasteiger partial charge in [0.2, 0.25) is 5.95 Å². The van der Waals surface area contributed by atoms with Crippen LogP contribution in [0.4, 0.5) is 5.95 Å². The molecule has 0 radical (unpaired) electrons. The predicted octanol–water partition coefficient (Wildman–Crippen LogP) is -0.160. The lowest BCUT2D eigenvalue weighted by atomic mass is 10.1. The van der Waals surface area contributed by atoms with E-state index in [1.54, 1.807) is 24.3 Å². The van der Waals surface area contributed by atoms with Crippen LogP contribution >= 0.6 is 0 Å². The minimum absolute atomic E-state index is 0.121. The molecule has 0 bridgehead atoms. The number of aliphatic hydroxyl groups is 2. The van der Waals surface area contributed by atoms with Gasteiger partial charge in [0.25, 0.3) is 5.91 Å². The van der Waals surface area contributed by atoms with Crippen LogP contribution in [0.5, 0.6) is 0 Å². The Labute approximate surface area is 142 Å². The number of hydrogen-bond acceptors (Lipinski definition) is 7. The lowest BCUT2D eigenvalue weighted by Gasteiger charge is -2.14. The summed E-state index contributed by atoms with van der Waals surface area (Å²) in [7, 11) is 0. The van der Waals surface area contributed by atoms with Crippen LogP contribution in [0.25, 0.3) is 0 Å². The van der Waals surface area contributed by atoms with Gasteiger partial charge >= 0.3 is 5.69 Å². The van der Waals surface area contributed by atoms with Gasteiger partial charge < -0.3 is 14.9 Å². The summed E-state index contributed by atoms with van der Waals surface area (Å²) < 4.78 is 6.50. The second-order valence-electron chi connectivity index (χ2n) is 5.80. The first kappa shape index (κ1) is 17.2. The van der Waals surface area contributed by atoms with Crippen LogP contribution in [-0.4, -0.2) is 49.5 Å². The number of carbonyl (C=O) groups is 1. The minimum atomic E-state index is -0.872. The van der Waals surface area contributed by atoms with Crippen LogP contribution in [0.1, 0.15) is 28.6 Å². The normalized spacial score (nSPS) is 22.8. The maximum absolute atomic E-state index is 12.1. The monoisotopic (exact) mass is 346 g/mol. The Bertz CT molecular complexity index is 820. The maximum atomic E-state index is 12.1. The molecular weight excluding hydrogens is 328 g/mol. The van der Waals surface area contributed by atoms with E-state index in [0.717, 1.165) is 10.1 Å². The topological polar surface area (TPSA) is 127 Å². The molecule has 132 valence electrons. The van der Waals surface area contributed by atoms with Crippen molar-refractivity contribution in [1.82, 2.24) is 14.5 Å². The van der Waals surface area contributed by atoms with Gasteiger partial charge in [-0.25, -0.2) is 9.78 Å². The summed E-state index contributed by atoms with van der Waals surface area (Å²) in [5, 5.41) is 21.3. The molecule has 0 spiro atoms. The fourth-order valence-corrected chi connectivity index (χ4v) is 2.53. The number of ether oxygens (including phenoxy) is 1. The van der Waals surface area contributed by atoms with Gasteiger partial charge in [-0.3, -0.25) is 14.7 Å². The minimum Gasteiger partial charge on any atom is -0.394 e. The third kappa shape index (κ3) is 3.73. The zero-order valence-corrected chi connectivity index (χ0v) is 13.5. The molecule has 2 heterocycles. The second-order valence-corrected chi connectivity index (χ2v) is 5.80. The third-order valence-electron chi connectivity index (χ3n) is 3.96. The smallest absolute Gasteiger partial charge is 0.354 e. The van der Waals surface area contributed by atoms with Gasteiger partial charge in [-0.2, -0.15) is 4.98 Å². The molecule has 0 aliphatic carbocycles. The Morgan fingerprint density at radius 3 is 2.72 bits per heavy atom. The Hall–Kier alpha value is -2.62. The lowest BCUT2D eigenvalue weighted by Crippen LogP contribution is -2.29. The summed E-state index contributed by atoms with van der Waals surface area (Å²) in [4.78, 5) is 31.9. The number of aliphatic hydroxyl groups excluding tert-OH is 2. The summed E-state index contributed by atoms with van der Waals surface area (Å²) in [6.07, 6.45) is -1.05. The van der Waals surface area contributed by atoms with Crippen molar-refractivity contribution in [2.24, 2.45) is 0 Å². The van der Waals surface area contributed by atoms with Gasteiger partial charge in [-0.05, 0) is 19.1 Å². The quantitative estimate of drug-likeness (QED) is 0.702. The number of anilines is 1. The number of benzene rings is 1. The number of aryl methyl sites for hydroxylation is 1. The van der Waals surface area contributed by atoms with Crippen molar-refractivity contribution in [2.75, 3.05) is 11.9 Å². The fraction of sp³-hybridized carbons (Fsp3) is 0.375. The Morgan fingerprint density at radius 2 is 2.12 bits per heavy atom. The highest BCUT2D eigenvalue weighted by molar-refractivity contribution is 6.03. The van der Waals surface area contributed by atoms with E-state index in [2.05, 4.69) is 15.3 Å². The van der Waals surface area contributed by atoms with Crippen LogP contribution in [-0.2, 0) is 4.74 Å². The summed E-state index contributed by atoms with van der Waals surface area (Å²) in [6, 6.07) is 6.92. The van der Waals surface area contributed by atoms with Gasteiger partial charge in [-0.1, -0.05) is 17.7 Å². The van der Waals surface area contributed by atoms with E-state index in [0.29, 0.717) is 5.56 Å². The molecule has 3 atom stereocenters. The molecule has 0 unspecified atom stereocenters. The van der Waals surface area contributed by atoms with E-state index in [1.807, 2.05) is 6.92 Å². The Kier molecular flexibility index (Phi) is 4.88. The number of rotatable bonds is 4. The predicted molar refractivity (Wildman–Crippen MR) is 87.0 cm³/mol. The molecule has 1 aliphatic rings. The molecule has 3 rings (SSSR count). The lowest BCUT2D eigenvalue weighted by molar-refractivity contribution is -0.0462. The molecule has 1 aromatic heterocycles. The van der Waals surface area contributed by atoms with Gasteiger partial charge in [0, 0.05) is 12.0 Å². The largest absolute Gasteiger partial charge is 0.394 e. The number of carbonyl (C=O) groups excluding carboxylic acids is 1. The summed E-state index contributed by atoms with van der Waals surface area (Å²) in [5.41, 5.74) is 0.770. The number of nitrogens with one attached hydrogen (secondary N) is 1. The third-order valence-corrected chi connectivity index (χ3v) is 3.96. The average Bonchev–Trinajstić information content (AvgIpc) is 2.96. The molecular formula is C16H18N4O5. The van der Waals surface area contributed by atoms with E-state index < -0.39 is 30.0 Å². The number of hydrogen-bond donors (Lipinski definition) is 3. The summed E-state index contributed by atoms with van der Waals surface area (Å²) >= 11 is 0. The van der Waals surface area contributed by atoms with Crippen molar-refractivity contribution in [3.63, 3.8) is 0 Å². The first-order valence-corrected chi connectivity index (χ1v) is 7.75. The molecule has 1 saturated heterocycles. The SMILES string of the molecule is Cc1ccc(C(=O)Nc2ncn([C@H]3C[C@@H](O)[C@H](CO)O3)c(=O)n2)cc1. The number of amides is 1. The molecule has 3 N–H and O–H groups in total. The molecule has 1 aliphatic heterocycles. The van der Waals surface area contributed by atoms with Crippen LogP contribution in [0.15, 0.2) is 35.4 Å². The molecule has 1 amide bonds. The van der Waals surface area contributed by atoms with Crippen LogP contribution < -0.4 is 11.0 Å². The van der Waals surface area contributed by atoms with Crippen molar-refractivity contribution in [2.45, 2.75) is 31.8 Å². The van der Waals surface area contributed by atoms with E-state index in [1.165, 1.54) is 6.33 Å². The zero-order chi connectivity index (χ0) is 18.0. The first-order valence-electron chi connectivity index (χ1n) is 7.75. The molecule has 9 nitrogen and oxygen atoms in total. The fourth-order valence-electron chi connectivity index (χ4n) is 2.53. The van der Waals surface area contributed by atoms with E-state index >= 15 is 0 Å². The van der Waals surface area contributed by atoms with E-state index in [4.69, 9.17) is 9.84 Å². The molecule has 1 fully saturated rings. The average molecular weight is 346 g/mol. The van der Waals surface area contributed by atoms with E-state index in [-0.39, 0.29) is 19.0 Å².